The van der Waals surface area contributed by atoms with Crippen LogP contribution in [0.25, 0.3) is 0 Å². The van der Waals surface area contributed by atoms with E-state index in [0.29, 0.717) is 6.04 Å². The van der Waals surface area contributed by atoms with E-state index in [9.17, 15) is 0 Å². The number of hydrogen-bond donors (Lipinski definition) is 0. The quantitative estimate of drug-likeness (QED) is 0.871. The van der Waals surface area contributed by atoms with Crippen LogP contribution in [0.3, 0.4) is 0 Å². The van der Waals surface area contributed by atoms with Gasteiger partial charge in [0.05, 0.1) is 17.9 Å². The van der Waals surface area contributed by atoms with Gasteiger partial charge >= 0.3 is 0 Å². The Morgan fingerprint density at radius 1 is 1.22 bits per heavy atom. The van der Waals surface area contributed by atoms with Crippen molar-refractivity contribution < 1.29 is 0 Å². The first kappa shape index (κ1) is 14.9. The minimum Gasteiger partial charge on any atom is -0.334 e. The zero-order chi connectivity index (χ0) is 15.8. The fraction of sp³-hybridized carbons (Fsp3) is 0.667. The number of imidazole rings is 1. The summed E-state index contributed by atoms with van der Waals surface area (Å²) >= 11 is 0. The van der Waals surface area contributed by atoms with Gasteiger partial charge in [-0.05, 0) is 52.0 Å². The summed E-state index contributed by atoms with van der Waals surface area (Å²) in [6.45, 7) is 5.23. The van der Waals surface area contributed by atoms with Crippen LogP contribution in [0.15, 0.2) is 12.4 Å². The van der Waals surface area contributed by atoms with Gasteiger partial charge in [0.15, 0.2) is 0 Å². The second-order valence-electron chi connectivity index (χ2n) is 6.96. The summed E-state index contributed by atoms with van der Waals surface area (Å²) in [4.78, 5) is 7.63. The maximum atomic E-state index is 5.05. The molecule has 3 heterocycles. The minimum absolute atomic E-state index is 0.468. The lowest BCUT2D eigenvalue weighted by atomic mass is 10.0. The Bertz CT molecular complexity index is 684. The van der Waals surface area contributed by atoms with Crippen molar-refractivity contribution in [1.82, 2.24) is 24.2 Å². The van der Waals surface area contributed by atoms with Gasteiger partial charge in [-0.1, -0.05) is 0 Å². The number of fused-ring (bicyclic) bond motifs is 1. The second kappa shape index (κ2) is 6.11. The van der Waals surface area contributed by atoms with E-state index in [1.165, 1.54) is 67.8 Å². The van der Waals surface area contributed by atoms with Crippen LogP contribution in [0.2, 0.25) is 0 Å². The van der Waals surface area contributed by atoms with Crippen LogP contribution < -0.4 is 0 Å². The van der Waals surface area contributed by atoms with Crippen molar-refractivity contribution in [1.29, 1.82) is 0 Å². The highest BCUT2D eigenvalue weighted by atomic mass is 15.3. The highest BCUT2D eigenvalue weighted by Gasteiger charge is 2.31. The normalized spacial score (nSPS) is 21.7. The van der Waals surface area contributed by atoms with E-state index < -0.39 is 0 Å². The first-order chi connectivity index (χ1) is 11.3. The Kier molecular flexibility index (Phi) is 3.97. The summed E-state index contributed by atoms with van der Waals surface area (Å²) in [6.07, 6.45) is 11.7. The lowest BCUT2D eigenvalue weighted by Crippen LogP contribution is -2.25. The molecule has 2 aliphatic rings. The van der Waals surface area contributed by atoms with E-state index in [4.69, 9.17) is 4.98 Å². The molecule has 0 radical (unpaired) electrons. The number of aryl methyl sites for hydroxylation is 2. The Balaban J connectivity index is 1.56. The molecule has 5 heteroatoms. The van der Waals surface area contributed by atoms with Gasteiger partial charge in [0.1, 0.15) is 5.82 Å². The van der Waals surface area contributed by atoms with Crippen molar-refractivity contribution in [2.75, 3.05) is 6.54 Å². The van der Waals surface area contributed by atoms with Crippen molar-refractivity contribution in [3.05, 3.63) is 35.2 Å². The van der Waals surface area contributed by atoms with E-state index in [-0.39, 0.29) is 0 Å². The molecule has 1 atom stereocenters. The van der Waals surface area contributed by atoms with E-state index in [1.807, 2.05) is 10.9 Å². The zero-order valence-electron chi connectivity index (χ0n) is 14.3. The van der Waals surface area contributed by atoms with Gasteiger partial charge < -0.3 is 4.57 Å². The molecule has 4 rings (SSSR count). The highest BCUT2D eigenvalue weighted by molar-refractivity contribution is 5.22. The third kappa shape index (κ3) is 2.71. The molecule has 1 saturated heterocycles. The van der Waals surface area contributed by atoms with Gasteiger partial charge in [0.2, 0.25) is 0 Å². The predicted octanol–water partition coefficient (Wildman–Crippen LogP) is 2.85. The van der Waals surface area contributed by atoms with Crippen LogP contribution in [-0.4, -0.2) is 30.8 Å². The SMILES string of the molecule is CCn1cc(CN2CCC[C@H]2c2nc3c(n2C)CCCC3)cn1. The van der Waals surface area contributed by atoms with Crippen molar-refractivity contribution in [2.24, 2.45) is 7.05 Å². The molecule has 0 saturated carbocycles. The molecule has 0 aromatic carbocycles. The Morgan fingerprint density at radius 2 is 2.09 bits per heavy atom. The van der Waals surface area contributed by atoms with Crippen molar-refractivity contribution >= 4 is 0 Å². The van der Waals surface area contributed by atoms with Crippen LogP contribution in [0.5, 0.6) is 0 Å². The molecule has 2 aromatic heterocycles. The number of aromatic nitrogens is 4. The fourth-order valence-corrected chi connectivity index (χ4v) is 4.21. The summed E-state index contributed by atoms with van der Waals surface area (Å²) in [5.74, 6) is 1.29. The molecule has 23 heavy (non-hydrogen) atoms. The van der Waals surface area contributed by atoms with Crippen LogP contribution in [0.1, 0.15) is 61.4 Å². The molecule has 0 unspecified atom stereocenters. The standard InChI is InChI=1S/C18H27N5/c1-3-23-13-14(11-19-23)12-22-10-6-9-17(22)18-20-15-7-4-5-8-16(15)21(18)2/h11,13,17H,3-10,12H2,1-2H3/t17-/m0/s1. The molecule has 2 aromatic rings. The number of nitrogens with zero attached hydrogens (tertiary/aromatic N) is 5. The first-order valence-electron chi connectivity index (χ1n) is 9.06. The lowest BCUT2D eigenvalue weighted by Gasteiger charge is -2.23. The molecule has 0 N–H and O–H groups in total. The fourth-order valence-electron chi connectivity index (χ4n) is 4.21. The molecule has 0 amide bonds. The van der Waals surface area contributed by atoms with Crippen LogP contribution in [0, 0.1) is 0 Å². The summed E-state index contributed by atoms with van der Waals surface area (Å²) in [5.41, 5.74) is 4.16. The largest absolute Gasteiger partial charge is 0.334 e. The number of likely N-dealkylation sites (tertiary alicyclic amines) is 1. The summed E-state index contributed by atoms with van der Waals surface area (Å²) in [7, 11) is 2.22. The average Bonchev–Trinajstić information content (AvgIpc) is 3.28. The molecule has 1 aliphatic carbocycles. The predicted molar refractivity (Wildman–Crippen MR) is 90.1 cm³/mol. The molecule has 1 aliphatic heterocycles. The van der Waals surface area contributed by atoms with Gasteiger partial charge in [-0.25, -0.2) is 4.98 Å². The Hall–Kier alpha value is -1.62. The van der Waals surface area contributed by atoms with Gasteiger partial charge in [0, 0.05) is 37.6 Å². The number of hydrogen-bond acceptors (Lipinski definition) is 3. The van der Waals surface area contributed by atoms with Crippen LogP contribution in [0.4, 0.5) is 0 Å². The van der Waals surface area contributed by atoms with E-state index in [1.54, 1.807) is 0 Å². The third-order valence-electron chi connectivity index (χ3n) is 5.47. The summed E-state index contributed by atoms with van der Waals surface area (Å²) in [5, 5.41) is 4.41. The highest BCUT2D eigenvalue weighted by Crippen LogP contribution is 2.34. The maximum absolute atomic E-state index is 5.05. The molecule has 0 spiro atoms. The van der Waals surface area contributed by atoms with Gasteiger partial charge in [-0.2, -0.15) is 5.10 Å². The maximum Gasteiger partial charge on any atom is 0.126 e. The Labute approximate surface area is 138 Å². The van der Waals surface area contributed by atoms with Gasteiger partial charge in [0.25, 0.3) is 0 Å². The Morgan fingerprint density at radius 3 is 2.87 bits per heavy atom. The zero-order valence-corrected chi connectivity index (χ0v) is 14.3. The van der Waals surface area contributed by atoms with Gasteiger partial charge in [-0.3, -0.25) is 9.58 Å². The number of rotatable bonds is 4. The van der Waals surface area contributed by atoms with Crippen molar-refractivity contribution in [3.8, 4) is 0 Å². The van der Waals surface area contributed by atoms with E-state index >= 15 is 0 Å². The van der Waals surface area contributed by atoms with Crippen molar-refractivity contribution in [3.63, 3.8) is 0 Å². The summed E-state index contributed by atoms with van der Waals surface area (Å²) < 4.78 is 4.41. The second-order valence-corrected chi connectivity index (χ2v) is 6.96. The molecule has 5 nitrogen and oxygen atoms in total. The molecule has 0 bridgehead atoms. The molecule has 1 fully saturated rings. The molecular formula is C18H27N5. The molecule has 124 valence electrons. The smallest absolute Gasteiger partial charge is 0.126 e. The minimum atomic E-state index is 0.468. The van der Waals surface area contributed by atoms with Crippen LogP contribution in [-0.2, 0) is 33.0 Å². The van der Waals surface area contributed by atoms with Crippen LogP contribution >= 0.6 is 0 Å². The first-order valence-corrected chi connectivity index (χ1v) is 9.06. The average molecular weight is 313 g/mol. The molecular weight excluding hydrogens is 286 g/mol. The topological polar surface area (TPSA) is 38.9 Å². The lowest BCUT2D eigenvalue weighted by molar-refractivity contribution is 0.236. The third-order valence-corrected chi connectivity index (χ3v) is 5.47. The van der Waals surface area contributed by atoms with Crippen molar-refractivity contribution in [2.45, 2.75) is 64.6 Å². The van der Waals surface area contributed by atoms with E-state index in [2.05, 4.69) is 34.7 Å². The summed E-state index contributed by atoms with van der Waals surface area (Å²) in [6, 6.07) is 0.468. The van der Waals surface area contributed by atoms with E-state index in [0.717, 1.165) is 13.1 Å². The van der Waals surface area contributed by atoms with Gasteiger partial charge in [-0.15, -0.1) is 0 Å². The monoisotopic (exact) mass is 313 g/mol.